The summed E-state index contributed by atoms with van der Waals surface area (Å²) >= 11 is 0. The largest absolute Gasteiger partial charge is 0.495 e. The zero-order valence-corrected chi connectivity index (χ0v) is 12.9. The first-order valence-electron chi connectivity index (χ1n) is 6.74. The minimum Gasteiger partial charge on any atom is -0.495 e. The summed E-state index contributed by atoms with van der Waals surface area (Å²) in [6.07, 6.45) is 4.51. The summed E-state index contributed by atoms with van der Waals surface area (Å²) in [5, 5.41) is 0. The Balaban J connectivity index is 2.14. The molecule has 0 saturated carbocycles. The van der Waals surface area contributed by atoms with E-state index in [9.17, 15) is 8.42 Å². The summed E-state index contributed by atoms with van der Waals surface area (Å²) < 4.78 is 37.5. The van der Waals surface area contributed by atoms with Crippen LogP contribution in [0.15, 0.2) is 46.1 Å². The molecule has 6 heteroatoms. The maximum atomic E-state index is 12.4. The molecule has 1 aromatic heterocycles. The molecule has 0 aliphatic rings. The molecule has 21 heavy (non-hydrogen) atoms. The molecule has 0 spiro atoms. The molecule has 1 heterocycles. The lowest BCUT2D eigenvalue weighted by molar-refractivity contribution is 0.402. The van der Waals surface area contributed by atoms with Gasteiger partial charge in [0.1, 0.15) is 10.6 Å². The number of aryl methyl sites for hydroxylation is 1. The first-order chi connectivity index (χ1) is 10.1. The highest BCUT2D eigenvalue weighted by molar-refractivity contribution is 7.89. The molecule has 0 atom stereocenters. The van der Waals surface area contributed by atoms with Crippen molar-refractivity contribution in [3.8, 4) is 5.75 Å². The Labute approximate surface area is 125 Å². The minimum absolute atomic E-state index is 0.177. The maximum absolute atomic E-state index is 12.4. The normalized spacial score (nSPS) is 11.5. The molecule has 0 fully saturated rings. The SMILES string of the molecule is CCc1ccc(OC)c(S(=O)(=O)NCCc2ccoc2)c1. The molecule has 1 N–H and O–H groups in total. The number of nitrogens with one attached hydrogen (secondary N) is 1. The van der Waals surface area contributed by atoms with Gasteiger partial charge in [-0.2, -0.15) is 0 Å². The monoisotopic (exact) mass is 309 g/mol. The number of ether oxygens (including phenoxy) is 1. The number of hydrogen-bond acceptors (Lipinski definition) is 4. The molecule has 2 rings (SSSR count). The average molecular weight is 309 g/mol. The van der Waals surface area contributed by atoms with E-state index in [1.54, 1.807) is 24.7 Å². The third-order valence-electron chi connectivity index (χ3n) is 3.21. The molecule has 0 aliphatic heterocycles. The van der Waals surface area contributed by atoms with Gasteiger partial charge in [-0.25, -0.2) is 13.1 Å². The van der Waals surface area contributed by atoms with Gasteiger partial charge < -0.3 is 9.15 Å². The van der Waals surface area contributed by atoms with Gasteiger partial charge in [0.2, 0.25) is 10.0 Å². The van der Waals surface area contributed by atoms with Gasteiger partial charge in [0, 0.05) is 6.54 Å². The van der Waals surface area contributed by atoms with E-state index in [2.05, 4.69) is 4.72 Å². The van der Waals surface area contributed by atoms with Crippen LogP contribution in [0.1, 0.15) is 18.1 Å². The van der Waals surface area contributed by atoms with Gasteiger partial charge in [0.15, 0.2) is 0 Å². The van der Waals surface area contributed by atoms with Crippen LogP contribution in [-0.4, -0.2) is 22.1 Å². The van der Waals surface area contributed by atoms with Gasteiger partial charge >= 0.3 is 0 Å². The van der Waals surface area contributed by atoms with Crippen molar-refractivity contribution in [3.63, 3.8) is 0 Å². The Morgan fingerprint density at radius 1 is 1.24 bits per heavy atom. The predicted molar refractivity (Wildman–Crippen MR) is 80.0 cm³/mol. The summed E-state index contributed by atoms with van der Waals surface area (Å²) in [5.41, 5.74) is 1.90. The summed E-state index contributed by atoms with van der Waals surface area (Å²) in [6, 6.07) is 7.01. The quantitative estimate of drug-likeness (QED) is 0.852. The number of sulfonamides is 1. The Kier molecular flexibility index (Phi) is 5.03. The van der Waals surface area contributed by atoms with E-state index < -0.39 is 10.0 Å². The predicted octanol–water partition coefficient (Wildman–Crippen LogP) is 2.37. The van der Waals surface area contributed by atoms with Gasteiger partial charge in [-0.15, -0.1) is 0 Å². The molecule has 0 amide bonds. The Bertz CT molecular complexity index is 678. The molecule has 5 nitrogen and oxygen atoms in total. The third kappa shape index (κ3) is 3.86. The fraction of sp³-hybridized carbons (Fsp3) is 0.333. The lowest BCUT2D eigenvalue weighted by atomic mass is 10.2. The highest BCUT2D eigenvalue weighted by Gasteiger charge is 2.19. The van der Waals surface area contributed by atoms with Crippen molar-refractivity contribution in [3.05, 3.63) is 47.9 Å². The number of furan rings is 1. The highest BCUT2D eigenvalue weighted by atomic mass is 32.2. The fourth-order valence-corrected chi connectivity index (χ4v) is 3.24. The Morgan fingerprint density at radius 2 is 2.05 bits per heavy atom. The van der Waals surface area contributed by atoms with E-state index in [-0.39, 0.29) is 4.90 Å². The molecule has 0 radical (unpaired) electrons. The van der Waals surface area contributed by atoms with Crippen molar-refractivity contribution in [2.45, 2.75) is 24.7 Å². The molecule has 0 saturated heterocycles. The van der Waals surface area contributed by atoms with E-state index in [1.807, 2.05) is 19.1 Å². The van der Waals surface area contributed by atoms with Crippen LogP contribution in [0, 0.1) is 0 Å². The third-order valence-corrected chi connectivity index (χ3v) is 4.69. The topological polar surface area (TPSA) is 68.5 Å². The summed E-state index contributed by atoms with van der Waals surface area (Å²) in [7, 11) is -2.13. The van der Waals surface area contributed by atoms with Crippen LogP contribution in [0.25, 0.3) is 0 Å². The van der Waals surface area contributed by atoms with Crippen LogP contribution in [-0.2, 0) is 22.9 Å². The van der Waals surface area contributed by atoms with E-state index in [0.29, 0.717) is 18.7 Å². The van der Waals surface area contributed by atoms with Crippen LogP contribution >= 0.6 is 0 Å². The van der Waals surface area contributed by atoms with Crippen molar-refractivity contribution in [2.75, 3.05) is 13.7 Å². The molecule has 0 aliphatic carbocycles. The molecule has 1 aromatic carbocycles. The first-order valence-corrected chi connectivity index (χ1v) is 8.23. The van der Waals surface area contributed by atoms with E-state index in [1.165, 1.54) is 7.11 Å². The Morgan fingerprint density at radius 3 is 2.67 bits per heavy atom. The second-order valence-corrected chi connectivity index (χ2v) is 6.35. The van der Waals surface area contributed by atoms with Crippen molar-refractivity contribution in [2.24, 2.45) is 0 Å². The van der Waals surface area contributed by atoms with E-state index in [0.717, 1.165) is 17.5 Å². The zero-order chi connectivity index (χ0) is 15.3. The zero-order valence-electron chi connectivity index (χ0n) is 12.1. The molecule has 114 valence electrons. The lowest BCUT2D eigenvalue weighted by Crippen LogP contribution is -2.26. The number of benzene rings is 1. The number of rotatable bonds is 7. The minimum atomic E-state index is -3.59. The molecular formula is C15H19NO4S. The van der Waals surface area contributed by atoms with Crippen molar-refractivity contribution in [1.82, 2.24) is 4.72 Å². The fourth-order valence-electron chi connectivity index (χ4n) is 1.99. The molecule has 2 aromatic rings. The first kappa shape index (κ1) is 15.6. The van der Waals surface area contributed by atoms with Gasteiger partial charge in [-0.1, -0.05) is 13.0 Å². The second-order valence-electron chi connectivity index (χ2n) is 4.62. The second kappa shape index (κ2) is 6.78. The maximum Gasteiger partial charge on any atom is 0.244 e. The van der Waals surface area contributed by atoms with Crippen LogP contribution < -0.4 is 9.46 Å². The molecule has 0 bridgehead atoms. The van der Waals surface area contributed by atoms with Crippen molar-refractivity contribution < 1.29 is 17.6 Å². The smallest absolute Gasteiger partial charge is 0.244 e. The van der Waals surface area contributed by atoms with Gasteiger partial charge in [-0.3, -0.25) is 0 Å². The summed E-state index contributed by atoms with van der Waals surface area (Å²) in [6.45, 7) is 2.28. The van der Waals surface area contributed by atoms with Gasteiger partial charge in [-0.05, 0) is 42.2 Å². The van der Waals surface area contributed by atoms with E-state index in [4.69, 9.17) is 9.15 Å². The average Bonchev–Trinajstić information content (AvgIpc) is 2.99. The van der Waals surface area contributed by atoms with Gasteiger partial charge in [0.25, 0.3) is 0 Å². The van der Waals surface area contributed by atoms with Crippen LogP contribution in [0.3, 0.4) is 0 Å². The van der Waals surface area contributed by atoms with Gasteiger partial charge in [0.05, 0.1) is 19.6 Å². The van der Waals surface area contributed by atoms with Crippen molar-refractivity contribution in [1.29, 1.82) is 0 Å². The molecule has 0 unspecified atom stereocenters. The number of methoxy groups -OCH3 is 1. The highest BCUT2D eigenvalue weighted by Crippen LogP contribution is 2.25. The number of hydrogen-bond donors (Lipinski definition) is 1. The standard InChI is InChI=1S/C15H19NO4S/c1-3-12-4-5-14(19-2)15(10-12)21(17,18)16-8-6-13-7-9-20-11-13/h4-5,7,9-11,16H,3,6,8H2,1-2H3. The van der Waals surface area contributed by atoms with Crippen LogP contribution in [0.2, 0.25) is 0 Å². The van der Waals surface area contributed by atoms with Crippen molar-refractivity contribution >= 4 is 10.0 Å². The van der Waals surface area contributed by atoms with Crippen LogP contribution in [0.4, 0.5) is 0 Å². The Hall–Kier alpha value is -1.79. The van der Waals surface area contributed by atoms with Crippen LogP contribution in [0.5, 0.6) is 5.75 Å². The van der Waals surface area contributed by atoms with E-state index >= 15 is 0 Å². The summed E-state index contributed by atoms with van der Waals surface area (Å²) in [5.74, 6) is 0.350. The summed E-state index contributed by atoms with van der Waals surface area (Å²) in [4.78, 5) is 0.177. The lowest BCUT2D eigenvalue weighted by Gasteiger charge is -2.11. The molecular weight excluding hydrogens is 290 g/mol.